The minimum atomic E-state index is -0.0623. The summed E-state index contributed by atoms with van der Waals surface area (Å²) in [5.74, 6) is 0.586. The molecule has 0 atom stereocenters. The Morgan fingerprint density at radius 1 is 1.32 bits per heavy atom. The van der Waals surface area contributed by atoms with Gasteiger partial charge in [-0.2, -0.15) is 0 Å². The molecule has 0 aliphatic heterocycles. The van der Waals surface area contributed by atoms with Gasteiger partial charge in [-0.25, -0.2) is 0 Å². The number of carbonyl (C=O) groups is 1. The number of pyridine rings is 1. The number of anilines is 1. The van der Waals surface area contributed by atoms with Gasteiger partial charge in [-0.1, -0.05) is 6.07 Å². The SMILES string of the molecule is CC(=O)c1cc(OCCc2ccccn2)ccc1N. The van der Waals surface area contributed by atoms with Crippen molar-refractivity contribution in [3.63, 3.8) is 0 Å². The minimum Gasteiger partial charge on any atom is -0.493 e. The molecule has 0 spiro atoms. The fourth-order valence-corrected chi connectivity index (χ4v) is 1.75. The van der Waals surface area contributed by atoms with Crippen molar-refractivity contribution in [3.05, 3.63) is 53.9 Å². The summed E-state index contributed by atoms with van der Waals surface area (Å²) in [5, 5.41) is 0. The second-order valence-corrected chi connectivity index (χ2v) is 4.22. The first-order valence-electron chi connectivity index (χ1n) is 6.10. The third kappa shape index (κ3) is 3.55. The number of nitrogen functional groups attached to an aromatic ring is 1. The third-order valence-corrected chi connectivity index (χ3v) is 2.76. The van der Waals surface area contributed by atoms with Crippen molar-refractivity contribution in [2.45, 2.75) is 13.3 Å². The van der Waals surface area contributed by atoms with Crippen LogP contribution in [-0.2, 0) is 6.42 Å². The van der Waals surface area contributed by atoms with Gasteiger partial charge in [-0.15, -0.1) is 0 Å². The molecule has 2 N–H and O–H groups in total. The zero-order valence-corrected chi connectivity index (χ0v) is 10.8. The maximum absolute atomic E-state index is 11.4. The first-order chi connectivity index (χ1) is 9.16. The molecule has 19 heavy (non-hydrogen) atoms. The molecule has 0 saturated heterocycles. The van der Waals surface area contributed by atoms with E-state index in [1.807, 2.05) is 18.2 Å². The number of benzene rings is 1. The largest absolute Gasteiger partial charge is 0.493 e. The van der Waals surface area contributed by atoms with Crippen molar-refractivity contribution < 1.29 is 9.53 Å². The predicted molar refractivity (Wildman–Crippen MR) is 74.3 cm³/mol. The lowest BCUT2D eigenvalue weighted by Gasteiger charge is -2.08. The van der Waals surface area contributed by atoms with Crippen molar-refractivity contribution in [2.75, 3.05) is 12.3 Å². The number of rotatable bonds is 5. The normalized spacial score (nSPS) is 10.2. The van der Waals surface area contributed by atoms with Gasteiger partial charge < -0.3 is 10.5 Å². The van der Waals surface area contributed by atoms with E-state index >= 15 is 0 Å². The van der Waals surface area contributed by atoms with Gasteiger partial charge in [0.25, 0.3) is 0 Å². The van der Waals surface area contributed by atoms with E-state index in [-0.39, 0.29) is 5.78 Å². The van der Waals surface area contributed by atoms with Crippen LogP contribution in [0.3, 0.4) is 0 Å². The Morgan fingerprint density at radius 2 is 2.16 bits per heavy atom. The van der Waals surface area contributed by atoms with Gasteiger partial charge in [0.2, 0.25) is 0 Å². The van der Waals surface area contributed by atoms with Crippen molar-refractivity contribution in [1.29, 1.82) is 0 Å². The minimum absolute atomic E-state index is 0.0623. The second-order valence-electron chi connectivity index (χ2n) is 4.22. The lowest BCUT2D eigenvalue weighted by molar-refractivity contribution is 0.101. The van der Waals surface area contributed by atoms with Gasteiger partial charge >= 0.3 is 0 Å². The summed E-state index contributed by atoms with van der Waals surface area (Å²) in [4.78, 5) is 15.6. The Kier molecular flexibility index (Phi) is 4.13. The summed E-state index contributed by atoms with van der Waals surface area (Å²) in [7, 11) is 0. The van der Waals surface area contributed by atoms with Gasteiger partial charge in [-0.05, 0) is 37.3 Å². The fourth-order valence-electron chi connectivity index (χ4n) is 1.75. The van der Waals surface area contributed by atoms with E-state index < -0.39 is 0 Å². The molecule has 0 aliphatic carbocycles. The van der Waals surface area contributed by atoms with Crippen molar-refractivity contribution in [1.82, 2.24) is 4.98 Å². The maximum Gasteiger partial charge on any atom is 0.162 e. The molecular weight excluding hydrogens is 240 g/mol. The first kappa shape index (κ1) is 13.1. The summed E-state index contributed by atoms with van der Waals surface area (Å²) in [5.41, 5.74) is 7.67. The highest BCUT2D eigenvalue weighted by Crippen LogP contribution is 2.20. The fraction of sp³-hybridized carbons (Fsp3) is 0.200. The number of Topliss-reactive ketones (excluding diaryl/α,β-unsaturated/α-hetero) is 1. The second kappa shape index (κ2) is 6.00. The van der Waals surface area contributed by atoms with Crippen LogP contribution < -0.4 is 10.5 Å². The van der Waals surface area contributed by atoms with E-state index in [9.17, 15) is 4.79 Å². The molecule has 0 unspecified atom stereocenters. The van der Waals surface area contributed by atoms with Crippen LogP contribution in [0.2, 0.25) is 0 Å². The summed E-state index contributed by atoms with van der Waals surface area (Å²) < 4.78 is 5.61. The van der Waals surface area contributed by atoms with E-state index in [4.69, 9.17) is 10.5 Å². The molecule has 0 bridgehead atoms. The van der Waals surface area contributed by atoms with Crippen LogP contribution in [0.4, 0.5) is 5.69 Å². The highest BCUT2D eigenvalue weighted by atomic mass is 16.5. The zero-order chi connectivity index (χ0) is 13.7. The lowest BCUT2D eigenvalue weighted by Crippen LogP contribution is -2.05. The highest BCUT2D eigenvalue weighted by molar-refractivity contribution is 5.99. The highest BCUT2D eigenvalue weighted by Gasteiger charge is 2.06. The molecule has 2 aromatic rings. The van der Waals surface area contributed by atoms with Crippen molar-refractivity contribution in [3.8, 4) is 5.75 Å². The molecule has 0 amide bonds. The number of nitrogens with zero attached hydrogens (tertiary/aromatic N) is 1. The van der Waals surface area contributed by atoms with Crippen LogP contribution >= 0.6 is 0 Å². The molecule has 0 radical (unpaired) electrons. The topological polar surface area (TPSA) is 65.2 Å². The van der Waals surface area contributed by atoms with Crippen LogP contribution in [0.5, 0.6) is 5.75 Å². The monoisotopic (exact) mass is 256 g/mol. The molecular formula is C15H16N2O2. The molecule has 4 heteroatoms. The number of ketones is 1. The molecule has 1 aromatic heterocycles. The molecule has 0 saturated carbocycles. The number of nitrogens with two attached hydrogens (primary N) is 1. The zero-order valence-electron chi connectivity index (χ0n) is 10.8. The first-order valence-corrected chi connectivity index (χ1v) is 6.10. The Morgan fingerprint density at radius 3 is 2.84 bits per heavy atom. The average Bonchev–Trinajstić information content (AvgIpc) is 2.41. The molecule has 0 aliphatic rings. The number of hydrogen-bond acceptors (Lipinski definition) is 4. The van der Waals surface area contributed by atoms with E-state index in [0.717, 1.165) is 12.1 Å². The summed E-state index contributed by atoms with van der Waals surface area (Å²) in [6.07, 6.45) is 2.48. The van der Waals surface area contributed by atoms with Gasteiger partial charge in [0.1, 0.15) is 5.75 Å². The molecule has 0 fully saturated rings. The number of carbonyl (C=O) groups excluding carboxylic acids is 1. The maximum atomic E-state index is 11.4. The Hall–Kier alpha value is -2.36. The quantitative estimate of drug-likeness (QED) is 0.659. The average molecular weight is 256 g/mol. The molecule has 98 valence electrons. The molecule has 1 aromatic carbocycles. The van der Waals surface area contributed by atoms with E-state index in [0.29, 0.717) is 23.6 Å². The Balaban J connectivity index is 1.97. The van der Waals surface area contributed by atoms with Crippen LogP contribution in [0, 0.1) is 0 Å². The molecule has 4 nitrogen and oxygen atoms in total. The van der Waals surface area contributed by atoms with Crippen LogP contribution in [0.25, 0.3) is 0 Å². The van der Waals surface area contributed by atoms with Gasteiger partial charge in [0.15, 0.2) is 5.78 Å². The smallest absolute Gasteiger partial charge is 0.162 e. The summed E-state index contributed by atoms with van der Waals surface area (Å²) in [6.45, 7) is 2.00. The van der Waals surface area contributed by atoms with Crippen LogP contribution in [0.1, 0.15) is 23.0 Å². The van der Waals surface area contributed by atoms with Gasteiger partial charge in [-0.3, -0.25) is 9.78 Å². The van der Waals surface area contributed by atoms with E-state index in [2.05, 4.69) is 4.98 Å². The Bertz CT molecular complexity index is 568. The van der Waals surface area contributed by atoms with Gasteiger partial charge in [0.05, 0.1) is 6.61 Å². The van der Waals surface area contributed by atoms with Crippen LogP contribution in [0.15, 0.2) is 42.6 Å². The Labute approximate surface area is 112 Å². The summed E-state index contributed by atoms with van der Waals surface area (Å²) in [6, 6.07) is 10.9. The summed E-state index contributed by atoms with van der Waals surface area (Å²) >= 11 is 0. The van der Waals surface area contributed by atoms with Crippen molar-refractivity contribution >= 4 is 11.5 Å². The predicted octanol–water partition coefficient (Wildman–Crippen LogP) is 2.49. The van der Waals surface area contributed by atoms with Gasteiger partial charge in [0, 0.05) is 29.6 Å². The molecule has 2 rings (SSSR count). The molecule has 1 heterocycles. The lowest BCUT2D eigenvalue weighted by atomic mass is 10.1. The number of ether oxygens (including phenoxy) is 1. The number of hydrogen-bond donors (Lipinski definition) is 1. The van der Waals surface area contributed by atoms with E-state index in [1.54, 1.807) is 24.4 Å². The standard InChI is InChI=1S/C15H16N2O2/c1-11(18)14-10-13(5-6-15(14)16)19-9-7-12-4-2-3-8-17-12/h2-6,8,10H,7,9,16H2,1H3. The van der Waals surface area contributed by atoms with E-state index in [1.165, 1.54) is 6.92 Å². The van der Waals surface area contributed by atoms with Crippen LogP contribution in [-0.4, -0.2) is 17.4 Å². The third-order valence-electron chi connectivity index (χ3n) is 2.76. The van der Waals surface area contributed by atoms with Crippen molar-refractivity contribution in [2.24, 2.45) is 0 Å². The number of aromatic nitrogens is 1.